The maximum atomic E-state index is 12.8. The van der Waals surface area contributed by atoms with Crippen LogP contribution >= 0.6 is 0 Å². The lowest BCUT2D eigenvalue weighted by Gasteiger charge is -2.31. The number of ether oxygens (including phenoxy) is 2. The molecule has 0 spiro atoms. The van der Waals surface area contributed by atoms with Crippen LogP contribution in [0.5, 0.6) is 5.75 Å². The molecule has 1 atom stereocenters. The molecule has 1 fully saturated rings. The molecule has 2 aromatic carbocycles. The summed E-state index contributed by atoms with van der Waals surface area (Å²) < 4.78 is 23.8. The van der Waals surface area contributed by atoms with Crippen LogP contribution in [0.3, 0.4) is 0 Å². The molecule has 2 aromatic rings. The Hall–Kier alpha value is -2.44. The highest BCUT2D eigenvalue weighted by molar-refractivity contribution is 5.77. The largest absolute Gasteiger partial charge is 0.484 e. The molecule has 1 aliphatic heterocycles. The first-order valence-electron chi connectivity index (χ1n) is 9.15. The van der Waals surface area contributed by atoms with Gasteiger partial charge in [-0.1, -0.05) is 24.3 Å². The van der Waals surface area contributed by atoms with E-state index in [1.807, 2.05) is 12.1 Å². The molecule has 5 nitrogen and oxygen atoms in total. The summed E-state index contributed by atoms with van der Waals surface area (Å²) in [6, 6.07) is 13.8. The summed E-state index contributed by atoms with van der Waals surface area (Å²) in [7, 11) is 0. The molecule has 0 aromatic heterocycles. The second-order valence-electron chi connectivity index (χ2n) is 6.76. The van der Waals surface area contributed by atoms with E-state index in [1.165, 1.54) is 29.8 Å². The fraction of sp³-hybridized carbons (Fsp3) is 0.381. The quantitative estimate of drug-likeness (QED) is 0.812. The highest BCUT2D eigenvalue weighted by Gasteiger charge is 2.16. The summed E-state index contributed by atoms with van der Waals surface area (Å²) in [6.45, 7) is 5.95. The van der Waals surface area contributed by atoms with Crippen molar-refractivity contribution in [3.8, 4) is 5.75 Å². The van der Waals surface area contributed by atoms with Crippen LogP contribution in [0.1, 0.15) is 18.1 Å². The highest BCUT2D eigenvalue weighted by atomic mass is 19.1. The van der Waals surface area contributed by atoms with E-state index in [9.17, 15) is 9.18 Å². The van der Waals surface area contributed by atoms with Gasteiger partial charge in [-0.25, -0.2) is 4.39 Å². The van der Waals surface area contributed by atoms with Crippen molar-refractivity contribution in [3.63, 3.8) is 0 Å². The summed E-state index contributed by atoms with van der Waals surface area (Å²) >= 11 is 0. The Morgan fingerprint density at radius 2 is 2.04 bits per heavy atom. The molecule has 3 rings (SSSR count). The van der Waals surface area contributed by atoms with Gasteiger partial charge in [-0.3, -0.25) is 9.69 Å². The van der Waals surface area contributed by atoms with Crippen molar-refractivity contribution in [1.29, 1.82) is 0 Å². The summed E-state index contributed by atoms with van der Waals surface area (Å²) in [5.74, 6) is -0.0850. The van der Waals surface area contributed by atoms with Crippen molar-refractivity contribution in [2.45, 2.75) is 26.1 Å². The van der Waals surface area contributed by atoms with Gasteiger partial charge < -0.3 is 14.8 Å². The molecule has 1 N–H and O–H groups in total. The first-order valence-corrected chi connectivity index (χ1v) is 9.15. The van der Waals surface area contributed by atoms with Crippen molar-refractivity contribution in [2.24, 2.45) is 0 Å². The van der Waals surface area contributed by atoms with E-state index in [4.69, 9.17) is 9.47 Å². The van der Waals surface area contributed by atoms with E-state index in [2.05, 4.69) is 29.3 Å². The lowest BCUT2D eigenvalue weighted by Crippen LogP contribution is -2.40. The van der Waals surface area contributed by atoms with Gasteiger partial charge in [-0.05, 0) is 42.3 Å². The molecule has 27 heavy (non-hydrogen) atoms. The Morgan fingerprint density at radius 3 is 2.81 bits per heavy atom. The lowest BCUT2D eigenvalue weighted by atomic mass is 10.1. The second kappa shape index (κ2) is 9.48. The number of nitrogens with one attached hydrogen (secondary N) is 1. The van der Waals surface area contributed by atoms with Crippen LogP contribution in [0.4, 0.5) is 4.39 Å². The SMILES string of the molecule is CC1CN(Cc2cccc(CNC(=O)COc3ccc(F)cc3)c2)CCO1. The number of carbonyl (C=O) groups excluding carboxylic acids is 1. The van der Waals surface area contributed by atoms with E-state index in [1.54, 1.807) is 0 Å². The van der Waals surface area contributed by atoms with Crippen LogP contribution in [0.25, 0.3) is 0 Å². The third kappa shape index (κ3) is 6.34. The van der Waals surface area contributed by atoms with Gasteiger partial charge in [0.05, 0.1) is 12.7 Å². The van der Waals surface area contributed by atoms with Crippen LogP contribution in [-0.4, -0.2) is 43.2 Å². The lowest BCUT2D eigenvalue weighted by molar-refractivity contribution is -0.123. The summed E-state index contributed by atoms with van der Waals surface area (Å²) in [4.78, 5) is 14.3. The summed E-state index contributed by atoms with van der Waals surface area (Å²) in [6.07, 6.45) is 0.266. The van der Waals surface area contributed by atoms with Gasteiger partial charge in [0.15, 0.2) is 6.61 Å². The predicted octanol–water partition coefficient (Wildman–Crippen LogP) is 2.74. The van der Waals surface area contributed by atoms with Gasteiger partial charge in [0.25, 0.3) is 5.91 Å². The van der Waals surface area contributed by atoms with Crippen LogP contribution in [0.2, 0.25) is 0 Å². The summed E-state index contributed by atoms with van der Waals surface area (Å²) in [5, 5.41) is 2.85. The minimum atomic E-state index is -0.335. The van der Waals surface area contributed by atoms with E-state index in [0.29, 0.717) is 12.3 Å². The zero-order chi connectivity index (χ0) is 19.1. The minimum absolute atomic E-state index is 0.100. The standard InChI is InChI=1S/C21H25FN2O3/c1-16-13-24(9-10-26-16)14-18-4-2-3-17(11-18)12-23-21(25)15-27-20-7-5-19(22)6-8-20/h2-8,11,16H,9-10,12-15H2,1H3,(H,23,25). The number of hydrogen-bond donors (Lipinski definition) is 1. The van der Waals surface area contributed by atoms with Crippen molar-refractivity contribution >= 4 is 5.91 Å². The fourth-order valence-electron chi connectivity index (χ4n) is 3.06. The molecular weight excluding hydrogens is 347 g/mol. The molecule has 1 unspecified atom stereocenters. The minimum Gasteiger partial charge on any atom is -0.484 e. The van der Waals surface area contributed by atoms with E-state index in [0.717, 1.165) is 31.8 Å². The van der Waals surface area contributed by atoms with Crippen LogP contribution < -0.4 is 10.1 Å². The Bertz CT molecular complexity index is 751. The molecule has 0 bridgehead atoms. The van der Waals surface area contributed by atoms with E-state index in [-0.39, 0.29) is 24.4 Å². The number of hydrogen-bond acceptors (Lipinski definition) is 4. The predicted molar refractivity (Wildman–Crippen MR) is 101 cm³/mol. The molecule has 1 saturated heterocycles. The average molecular weight is 372 g/mol. The molecule has 0 saturated carbocycles. The maximum Gasteiger partial charge on any atom is 0.258 e. The third-order valence-corrected chi connectivity index (χ3v) is 4.40. The second-order valence-corrected chi connectivity index (χ2v) is 6.76. The summed E-state index contributed by atoms with van der Waals surface area (Å²) in [5.41, 5.74) is 2.27. The molecule has 1 aliphatic rings. The molecule has 1 amide bonds. The number of halogens is 1. The van der Waals surface area contributed by atoms with Crippen molar-refractivity contribution in [2.75, 3.05) is 26.3 Å². The van der Waals surface area contributed by atoms with Gasteiger partial charge in [-0.15, -0.1) is 0 Å². The van der Waals surface area contributed by atoms with Crippen molar-refractivity contribution in [1.82, 2.24) is 10.2 Å². The number of rotatable bonds is 7. The van der Waals surface area contributed by atoms with Crippen molar-refractivity contribution in [3.05, 3.63) is 65.5 Å². The molecular formula is C21H25FN2O3. The highest BCUT2D eigenvalue weighted by Crippen LogP contribution is 2.13. The Kier molecular flexibility index (Phi) is 6.79. The van der Waals surface area contributed by atoms with Gasteiger partial charge in [-0.2, -0.15) is 0 Å². The van der Waals surface area contributed by atoms with Gasteiger partial charge in [0, 0.05) is 26.2 Å². The van der Waals surface area contributed by atoms with Gasteiger partial charge >= 0.3 is 0 Å². The van der Waals surface area contributed by atoms with Crippen LogP contribution in [0.15, 0.2) is 48.5 Å². The number of morpholine rings is 1. The number of nitrogens with zero attached hydrogens (tertiary/aromatic N) is 1. The van der Waals surface area contributed by atoms with Crippen LogP contribution in [0, 0.1) is 5.82 Å². The Morgan fingerprint density at radius 1 is 1.26 bits per heavy atom. The molecule has 0 aliphatic carbocycles. The van der Waals surface area contributed by atoms with E-state index < -0.39 is 0 Å². The van der Waals surface area contributed by atoms with E-state index >= 15 is 0 Å². The van der Waals surface area contributed by atoms with Gasteiger partial charge in [0.2, 0.25) is 0 Å². The zero-order valence-corrected chi connectivity index (χ0v) is 15.5. The molecule has 1 heterocycles. The third-order valence-electron chi connectivity index (χ3n) is 4.40. The Labute approximate surface area is 159 Å². The van der Waals surface area contributed by atoms with Crippen molar-refractivity contribution < 1.29 is 18.7 Å². The normalized spacial score (nSPS) is 17.5. The Balaban J connectivity index is 1.44. The molecule has 6 heteroatoms. The monoisotopic (exact) mass is 372 g/mol. The smallest absolute Gasteiger partial charge is 0.258 e. The number of benzene rings is 2. The van der Waals surface area contributed by atoms with Crippen LogP contribution in [-0.2, 0) is 22.6 Å². The number of amides is 1. The maximum absolute atomic E-state index is 12.8. The number of carbonyl (C=O) groups is 1. The average Bonchev–Trinajstić information content (AvgIpc) is 2.66. The fourth-order valence-corrected chi connectivity index (χ4v) is 3.06. The first kappa shape index (κ1) is 19.3. The molecule has 0 radical (unpaired) electrons. The van der Waals surface area contributed by atoms with Gasteiger partial charge in [0.1, 0.15) is 11.6 Å². The molecule has 144 valence electrons. The zero-order valence-electron chi connectivity index (χ0n) is 15.5. The topological polar surface area (TPSA) is 50.8 Å². The first-order chi connectivity index (χ1) is 13.1.